The molecule has 2 aromatic rings. The Morgan fingerprint density at radius 3 is 2.36 bits per heavy atom. The first kappa shape index (κ1) is 15.7. The van der Waals surface area contributed by atoms with Crippen molar-refractivity contribution in [1.29, 1.82) is 0 Å². The minimum Gasteiger partial charge on any atom is -0.338 e. The number of nitrogens with zero attached hydrogens (tertiary/aromatic N) is 2. The van der Waals surface area contributed by atoms with Crippen molar-refractivity contribution in [3.8, 4) is 0 Å². The number of carbonyl (C=O) groups excluding carboxylic acids is 1. The number of amides is 1. The lowest BCUT2D eigenvalue weighted by Gasteiger charge is -2.21. The smallest absolute Gasteiger partial charge is 0.273 e. The molecule has 0 saturated heterocycles. The van der Waals surface area contributed by atoms with Gasteiger partial charge in [-0.2, -0.15) is 0 Å². The first-order valence-corrected chi connectivity index (χ1v) is 7.15. The van der Waals surface area contributed by atoms with E-state index in [1.54, 1.807) is 23.1 Å². The van der Waals surface area contributed by atoms with Gasteiger partial charge in [0.05, 0.1) is 11.3 Å². The molecule has 0 aliphatic rings. The van der Waals surface area contributed by atoms with Crippen molar-refractivity contribution in [2.24, 2.45) is 0 Å². The number of hydrogen-bond acceptors (Lipinski definition) is 3. The molecule has 0 aromatic heterocycles. The van der Waals surface area contributed by atoms with Crippen molar-refractivity contribution in [3.05, 3.63) is 75.8 Å². The van der Waals surface area contributed by atoms with Crippen LogP contribution in [-0.2, 0) is 17.8 Å². The normalized spacial score (nSPS) is 10.2. The van der Waals surface area contributed by atoms with Crippen LogP contribution >= 0.6 is 0 Å². The van der Waals surface area contributed by atoms with Gasteiger partial charge in [0.1, 0.15) is 0 Å². The maximum absolute atomic E-state index is 12.4. The van der Waals surface area contributed by atoms with Crippen molar-refractivity contribution in [3.63, 3.8) is 0 Å². The van der Waals surface area contributed by atoms with Gasteiger partial charge in [0, 0.05) is 24.7 Å². The van der Waals surface area contributed by atoms with E-state index in [-0.39, 0.29) is 18.0 Å². The Morgan fingerprint density at radius 2 is 1.73 bits per heavy atom. The summed E-state index contributed by atoms with van der Waals surface area (Å²) in [5, 5.41) is 11.0. The van der Waals surface area contributed by atoms with E-state index in [1.165, 1.54) is 6.07 Å². The second-order valence-electron chi connectivity index (χ2n) is 4.96. The van der Waals surface area contributed by atoms with E-state index in [2.05, 4.69) is 0 Å². The summed E-state index contributed by atoms with van der Waals surface area (Å²) in [6.45, 7) is 2.98. The topological polar surface area (TPSA) is 63.5 Å². The Kier molecular flexibility index (Phi) is 5.25. The minimum atomic E-state index is -0.448. The molecule has 114 valence electrons. The first-order valence-electron chi connectivity index (χ1n) is 7.15. The molecule has 0 aliphatic heterocycles. The lowest BCUT2D eigenvalue weighted by atomic mass is 10.1. The van der Waals surface area contributed by atoms with Crippen molar-refractivity contribution in [2.75, 3.05) is 6.54 Å². The van der Waals surface area contributed by atoms with Gasteiger partial charge >= 0.3 is 0 Å². The quantitative estimate of drug-likeness (QED) is 0.607. The van der Waals surface area contributed by atoms with E-state index < -0.39 is 4.92 Å². The number of likely N-dealkylation sites (N-methyl/N-ethyl adjacent to an activating group) is 1. The Balaban J connectivity index is 2.11. The van der Waals surface area contributed by atoms with Gasteiger partial charge in [-0.25, -0.2) is 0 Å². The zero-order valence-electron chi connectivity index (χ0n) is 12.4. The van der Waals surface area contributed by atoms with Crippen LogP contribution in [0.2, 0.25) is 0 Å². The lowest BCUT2D eigenvalue weighted by molar-refractivity contribution is -0.385. The molecule has 0 unspecified atom stereocenters. The van der Waals surface area contributed by atoms with Crippen LogP contribution in [0.1, 0.15) is 18.1 Å². The van der Waals surface area contributed by atoms with E-state index in [0.29, 0.717) is 18.7 Å². The van der Waals surface area contributed by atoms with E-state index in [1.807, 2.05) is 37.3 Å². The standard InChI is InChI=1S/C17H18N2O3/c1-2-18(13-14-8-4-3-5-9-14)17(20)12-15-10-6-7-11-16(15)19(21)22/h3-11H,2,12-13H2,1H3. The minimum absolute atomic E-state index is 0.00776. The predicted octanol–water partition coefficient (Wildman–Crippen LogP) is 3.19. The molecule has 0 aliphatic carbocycles. The van der Waals surface area contributed by atoms with Crippen LogP contribution in [0, 0.1) is 10.1 Å². The Hall–Kier alpha value is -2.69. The van der Waals surface area contributed by atoms with E-state index in [4.69, 9.17) is 0 Å². The molecule has 22 heavy (non-hydrogen) atoms. The summed E-state index contributed by atoms with van der Waals surface area (Å²) in [6.07, 6.45) is 0.0395. The van der Waals surface area contributed by atoms with Crippen LogP contribution in [0.3, 0.4) is 0 Å². The molecule has 0 heterocycles. The Bertz CT molecular complexity index is 656. The molecule has 0 fully saturated rings. The Morgan fingerprint density at radius 1 is 1.09 bits per heavy atom. The summed E-state index contributed by atoms with van der Waals surface area (Å²) >= 11 is 0. The van der Waals surface area contributed by atoms with Gasteiger partial charge in [0.25, 0.3) is 5.69 Å². The van der Waals surface area contributed by atoms with Gasteiger partial charge in [-0.3, -0.25) is 14.9 Å². The largest absolute Gasteiger partial charge is 0.338 e. The van der Waals surface area contributed by atoms with Crippen molar-refractivity contribution in [2.45, 2.75) is 19.9 Å². The molecule has 0 bridgehead atoms. The zero-order valence-corrected chi connectivity index (χ0v) is 12.4. The number of nitro groups is 1. The van der Waals surface area contributed by atoms with Crippen molar-refractivity contribution in [1.82, 2.24) is 4.90 Å². The van der Waals surface area contributed by atoms with Crippen LogP contribution in [0.25, 0.3) is 0 Å². The first-order chi connectivity index (χ1) is 10.6. The molecule has 2 aromatic carbocycles. The SMILES string of the molecule is CCN(Cc1ccccc1)C(=O)Cc1ccccc1[N+](=O)[O-]. The summed E-state index contributed by atoms with van der Waals surface area (Å²) in [5.41, 5.74) is 1.48. The average molecular weight is 298 g/mol. The molecule has 0 saturated carbocycles. The highest BCUT2D eigenvalue weighted by atomic mass is 16.6. The van der Waals surface area contributed by atoms with Gasteiger partial charge in [-0.15, -0.1) is 0 Å². The molecular formula is C17H18N2O3. The number of rotatable bonds is 6. The van der Waals surface area contributed by atoms with Gasteiger partial charge in [-0.05, 0) is 12.5 Å². The van der Waals surface area contributed by atoms with E-state index in [0.717, 1.165) is 5.56 Å². The van der Waals surface area contributed by atoms with Gasteiger partial charge in [0.15, 0.2) is 0 Å². The maximum atomic E-state index is 12.4. The van der Waals surface area contributed by atoms with Crippen LogP contribution in [0.5, 0.6) is 0 Å². The number of hydrogen-bond donors (Lipinski definition) is 0. The highest BCUT2D eigenvalue weighted by Gasteiger charge is 2.19. The fraction of sp³-hybridized carbons (Fsp3) is 0.235. The number of nitro benzene ring substituents is 1. The molecule has 5 nitrogen and oxygen atoms in total. The third-order valence-electron chi connectivity index (χ3n) is 3.48. The third-order valence-corrected chi connectivity index (χ3v) is 3.48. The summed E-state index contributed by atoms with van der Waals surface area (Å²) in [4.78, 5) is 24.7. The molecular weight excluding hydrogens is 280 g/mol. The fourth-order valence-corrected chi connectivity index (χ4v) is 2.29. The zero-order chi connectivity index (χ0) is 15.9. The molecule has 5 heteroatoms. The third kappa shape index (κ3) is 3.91. The number of carbonyl (C=O) groups is 1. The molecule has 1 amide bonds. The van der Waals surface area contributed by atoms with Gasteiger partial charge in [-0.1, -0.05) is 48.5 Å². The summed E-state index contributed by atoms with van der Waals surface area (Å²) in [6, 6.07) is 16.1. The molecule has 0 spiro atoms. The summed E-state index contributed by atoms with van der Waals surface area (Å²) in [7, 11) is 0. The fourth-order valence-electron chi connectivity index (χ4n) is 2.29. The number of benzene rings is 2. The maximum Gasteiger partial charge on any atom is 0.273 e. The molecule has 0 atom stereocenters. The lowest BCUT2D eigenvalue weighted by Crippen LogP contribution is -2.31. The van der Waals surface area contributed by atoms with Gasteiger partial charge in [0.2, 0.25) is 5.91 Å². The second-order valence-corrected chi connectivity index (χ2v) is 4.96. The average Bonchev–Trinajstić information content (AvgIpc) is 2.53. The number of para-hydroxylation sites is 1. The molecule has 2 rings (SSSR count). The highest BCUT2D eigenvalue weighted by molar-refractivity contribution is 5.80. The van der Waals surface area contributed by atoms with Crippen LogP contribution < -0.4 is 0 Å². The second kappa shape index (κ2) is 7.36. The molecule has 0 N–H and O–H groups in total. The van der Waals surface area contributed by atoms with E-state index >= 15 is 0 Å². The highest BCUT2D eigenvalue weighted by Crippen LogP contribution is 2.19. The summed E-state index contributed by atoms with van der Waals surface area (Å²) < 4.78 is 0. The predicted molar refractivity (Wildman–Crippen MR) is 84.3 cm³/mol. The van der Waals surface area contributed by atoms with E-state index in [9.17, 15) is 14.9 Å². The van der Waals surface area contributed by atoms with Crippen LogP contribution in [0.4, 0.5) is 5.69 Å². The monoisotopic (exact) mass is 298 g/mol. The van der Waals surface area contributed by atoms with Crippen LogP contribution in [0.15, 0.2) is 54.6 Å². The Labute approximate surface area is 129 Å². The summed E-state index contributed by atoms with van der Waals surface area (Å²) in [5.74, 6) is -0.111. The van der Waals surface area contributed by atoms with Crippen LogP contribution in [-0.4, -0.2) is 22.3 Å². The van der Waals surface area contributed by atoms with Gasteiger partial charge < -0.3 is 4.90 Å². The van der Waals surface area contributed by atoms with Crippen molar-refractivity contribution >= 4 is 11.6 Å². The molecule has 0 radical (unpaired) electrons. The van der Waals surface area contributed by atoms with Crippen molar-refractivity contribution < 1.29 is 9.72 Å².